The summed E-state index contributed by atoms with van der Waals surface area (Å²) < 4.78 is 2.28. The standard InChI is InChI=1S/C22H23N3OS/c26-21(16-23-11-8-20-18(15-23)9-14-27-20)25-13-12-24-10-4-7-19(24)22(25)17-5-2-1-3-6-17/h1-7,9-10,14,22H,8,11-13,15-16H2. The molecule has 1 atom stereocenters. The van der Waals surface area contributed by atoms with Gasteiger partial charge in [-0.05, 0) is 41.1 Å². The molecule has 1 aromatic carbocycles. The van der Waals surface area contributed by atoms with E-state index in [1.165, 1.54) is 21.7 Å². The second-order valence-electron chi connectivity index (χ2n) is 7.36. The molecule has 138 valence electrons. The van der Waals surface area contributed by atoms with Crippen molar-refractivity contribution in [2.45, 2.75) is 25.6 Å². The van der Waals surface area contributed by atoms with Crippen LogP contribution in [0.15, 0.2) is 60.1 Å². The van der Waals surface area contributed by atoms with Crippen LogP contribution < -0.4 is 0 Å². The molecule has 1 amide bonds. The first-order valence-corrected chi connectivity index (χ1v) is 10.4. The molecule has 0 fully saturated rings. The molecule has 0 saturated carbocycles. The highest BCUT2D eigenvalue weighted by molar-refractivity contribution is 7.10. The number of benzene rings is 1. The van der Waals surface area contributed by atoms with Crippen LogP contribution in [-0.2, 0) is 24.3 Å². The number of aromatic nitrogens is 1. The van der Waals surface area contributed by atoms with Crippen molar-refractivity contribution >= 4 is 17.2 Å². The highest BCUT2D eigenvalue weighted by Crippen LogP contribution is 2.32. The van der Waals surface area contributed by atoms with E-state index in [-0.39, 0.29) is 11.9 Å². The van der Waals surface area contributed by atoms with Gasteiger partial charge in [0, 0.05) is 42.9 Å². The Labute approximate surface area is 163 Å². The van der Waals surface area contributed by atoms with Crippen molar-refractivity contribution in [3.05, 3.63) is 81.8 Å². The van der Waals surface area contributed by atoms with Gasteiger partial charge in [0.1, 0.15) is 0 Å². The molecule has 2 aromatic heterocycles. The topological polar surface area (TPSA) is 28.5 Å². The zero-order valence-electron chi connectivity index (χ0n) is 15.3. The molecule has 2 aliphatic rings. The van der Waals surface area contributed by atoms with Gasteiger partial charge in [0.05, 0.1) is 12.6 Å². The number of rotatable bonds is 3. The summed E-state index contributed by atoms with van der Waals surface area (Å²) in [5.41, 5.74) is 3.79. The number of thiophene rings is 1. The Morgan fingerprint density at radius 2 is 1.93 bits per heavy atom. The number of hydrogen-bond acceptors (Lipinski definition) is 3. The van der Waals surface area contributed by atoms with Crippen molar-refractivity contribution in [3.8, 4) is 0 Å². The molecule has 0 radical (unpaired) electrons. The van der Waals surface area contributed by atoms with Crippen LogP contribution in [0.4, 0.5) is 0 Å². The molecule has 27 heavy (non-hydrogen) atoms. The molecular weight excluding hydrogens is 354 g/mol. The fourth-order valence-corrected chi connectivity index (χ4v) is 5.25. The average molecular weight is 378 g/mol. The Balaban J connectivity index is 1.39. The molecule has 2 aliphatic heterocycles. The van der Waals surface area contributed by atoms with Crippen molar-refractivity contribution in [1.82, 2.24) is 14.4 Å². The van der Waals surface area contributed by atoms with Crippen molar-refractivity contribution in [2.24, 2.45) is 0 Å². The summed E-state index contributed by atoms with van der Waals surface area (Å²) in [4.78, 5) is 19.2. The first-order chi connectivity index (χ1) is 13.3. The molecule has 4 nitrogen and oxygen atoms in total. The Bertz CT molecular complexity index is 945. The predicted octanol–water partition coefficient (Wildman–Crippen LogP) is 3.54. The van der Waals surface area contributed by atoms with Crippen molar-refractivity contribution in [2.75, 3.05) is 19.6 Å². The van der Waals surface area contributed by atoms with E-state index in [2.05, 4.69) is 68.4 Å². The van der Waals surface area contributed by atoms with E-state index < -0.39 is 0 Å². The molecule has 5 heteroatoms. The number of nitrogens with zero attached hydrogens (tertiary/aromatic N) is 3. The van der Waals surface area contributed by atoms with Gasteiger partial charge in [0.15, 0.2) is 0 Å². The highest BCUT2D eigenvalue weighted by atomic mass is 32.1. The fourth-order valence-electron chi connectivity index (χ4n) is 4.36. The summed E-state index contributed by atoms with van der Waals surface area (Å²) in [6, 6.07) is 16.9. The van der Waals surface area contributed by atoms with E-state index in [1.807, 2.05) is 17.4 Å². The van der Waals surface area contributed by atoms with Gasteiger partial charge < -0.3 is 9.47 Å². The molecule has 3 aromatic rings. The normalized spacial score (nSPS) is 19.6. The van der Waals surface area contributed by atoms with Crippen LogP contribution in [0.25, 0.3) is 0 Å². The number of hydrogen-bond donors (Lipinski definition) is 0. The fraction of sp³-hybridized carbons (Fsp3) is 0.318. The van der Waals surface area contributed by atoms with Gasteiger partial charge in [-0.2, -0.15) is 0 Å². The molecule has 5 rings (SSSR count). The number of fused-ring (bicyclic) bond motifs is 2. The Kier molecular flexibility index (Phi) is 4.34. The van der Waals surface area contributed by atoms with E-state index in [9.17, 15) is 4.79 Å². The van der Waals surface area contributed by atoms with Crippen LogP contribution in [0.5, 0.6) is 0 Å². The third-order valence-electron chi connectivity index (χ3n) is 5.72. The summed E-state index contributed by atoms with van der Waals surface area (Å²) in [6.07, 6.45) is 3.18. The zero-order valence-corrected chi connectivity index (χ0v) is 16.1. The van der Waals surface area contributed by atoms with Gasteiger partial charge in [-0.25, -0.2) is 0 Å². The lowest BCUT2D eigenvalue weighted by Gasteiger charge is -2.39. The van der Waals surface area contributed by atoms with Crippen molar-refractivity contribution < 1.29 is 4.79 Å². The summed E-state index contributed by atoms with van der Waals surface area (Å²) in [5, 5.41) is 2.17. The minimum Gasteiger partial charge on any atom is -0.348 e. The number of amides is 1. The molecule has 0 spiro atoms. The van der Waals surface area contributed by atoms with E-state index >= 15 is 0 Å². The van der Waals surface area contributed by atoms with Gasteiger partial charge >= 0.3 is 0 Å². The lowest BCUT2D eigenvalue weighted by molar-refractivity contribution is -0.135. The quantitative estimate of drug-likeness (QED) is 0.698. The predicted molar refractivity (Wildman–Crippen MR) is 108 cm³/mol. The number of carbonyl (C=O) groups excluding carboxylic acids is 1. The van der Waals surface area contributed by atoms with Gasteiger partial charge in [0.2, 0.25) is 5.91 Å². The second-order valence-corrected chi connectivity index (χ2v) is 8.36. The first-order valence-electron chi connectivity index (χ1n) is 9.56. The molecule has 0 bridgehead atoms. The molecular formula is C22H23N3OS. The summed E-state index contributed by atoms with van der Waals surface area (Å²) in [6.45, 7) is 3.99. The molecule has 1 unspecified atom stereocenters. The largest absolute Gasteiger partial charge is 0.348 e. The summed E-state index contributed by atoms with van der Waals surface area (Å²) >= 11 is 1.84. The van der Waals surface area contributed by atoms with Gasteiger partial charge in [0.25, 0.3) is 0 Å². The van der Waals surface area contributed by atoms with Gasteiger partial charge in [-0.15, -0.1) is 11.3 Å². The van der Waals surface area contributed by atoms with Gasteiger partial charge in [-0.3, -0.25) is 9.69 Å². The van der Waals surface area contributed by atoms with Crippen molar-refractivity contribution in [3.63, 3.8) is 0 Å². The van der Waals surface area contributed by atoms with E-state index in [0.717, 1.165) is 32.6 Å². The second kappa shape index (κ2) is 6.98. The highest BCUT2D eigenvalue weighted by Gasteiger charge is 2.33. The summed E-state index contributed by atoms with van der Waals surface area (Å²) in [5.74, 6) is 0.231. The van der Waals surface area contributed by atoms with Crippen LogP contribution in [0.1, 0.15) is 27.7 Å². The number of carbonyl (C=O) groups is 1. The third kappa shape index (κ3) is 3.11. The maximum absolute atomic E-state index is 13.3. The Morgan fingerprint density at radius 1 is 1.04 bits per heavy atom. The van der Waals surface area contributed by atoms with E-state index in [1.54, 1.807) is 0 Å². The Hall–Kier alpha value is -2.37. The zero-order chi connectivity index (χ0) is 18.2. The SMILES string of the molecule is O=C(CN1CCc2sccc2C1)N1CCn2cccc2C1c1ccccc1. The Morgan fingerprint density at radius 3 is 2.81 bits per heavy atom. The first kappa shape index (κ1) is 16.8. The third-order valence-corrected chi connectivity index (χ3v) is 6.74. The average Bonchev–Trinajstić information content (AvgIpc) is 3.36. The maximum atomic E-state index is 13.3. The smallest absolute Gasteiger partial charge is 0.237 e. The molecule has 4 heterocycles. The monoisotopic (exact) mass is 377 g/mol. The lowest BCUT2D eigenvalue weighted by Crippen LogP contribution is -2.47. The van der Waals surface area contributed by atoms with Gasteiger partial charge in [-0.1, -0.05) is 30.3 Å². The van der Waals surface area contributed by atoms with Crippen molar-refractivity contribution in [1.29, 1.82) is 0 Å². The molecule has 0 N–H and O–H groups in total. The maximum Gasteiger partial charge on any atom is 0.237 e. The van der Waals surface area contributed by atoms with Crippen LogP contribution in [0.3, 0.4) is 0 Å². The van der Waals surface area contributed by atoms with E-state index in [4.69, 9.17) is 0 Å². The minimum atomic E-state index is 0.00366. The minimum absolute atomic E-state index is 0.00366. The molecule has 0 saturated heterocycles. The van der Waals surface area contributed by atoms with E-state index in [0.29, 0.717) is 6.54 Å². The van der Waals surface area contributed by atoms with Crippen LogP contribution in [0, 0.1) is 0 Å². The van der Waals surface area contributed by atoms with Crippen LogP contribution in [-0.4, -0.2) is 39.9 Å². The lowest BCUT2D eigenvalue weighted by atomic mass is 9.99. The summed E-state index contributed by atoms with van der Waals surface area (Å²) in [7, 11) is 0. The van der Waals surface area contributed by atoms with Crippen LogP contribution >= 0.6 is 11.3 Å². The van der Waals surface area contributed by atoms with Crippen LogP contribution in [0.2, 0.25) is 0 Å². The molecule has 0 aliphatic carbocycles.